The Morgan fingerprint density at radius 3 is 2.59 bits per heavy atom. The number of nitrogens with zero attached hydrogens (tertiary/aromatic N) is 4. The number of benzene rings is 1. The molecule has 32 heavy (non-hydrogen) atoms. The molecule has 0 aliphatic carbocycles. The number of amidine groups is 1. The van der Waals surface area contributed by atoms with Crippen molar-refractivity contribution in [2.45, 2.75) is 19.4 Å². The molecule has 0 N–H and O–H groups in total. The maximum absolute atomic E-state index is 12.9. The average Bonchev–Trinajstić information content (AvgIpc) is 3.20. The molecule has 11 heteroatoms. The highest BCUT2D eigenvalue weighted by Crippen LogP contribution is 2.45. The minimum absolute atomic E-state index is 0.0326. The van der Waals surface area contributed by atoms with Gasteiger partial charge in [0, 0.05) is 30.9 Å². The van der Waals surface area contributed by atoms with E-state index in [0.717, 1.165) is 0 Å². The lowest BCUT2D eigenvalue weighted by atomic mass is 9.93. The van der Waals surface area contributed by atoms with Crippen molar-refractivity contribution in [1.29, 1.82) is 0 Å². The summed E-state index contributed by atoms with van der Waals surface area (Å²) >= 11 is 1.38. The maximum Gasteiger partial charge on any atom is 0.338 e. The van der Waals surface area contributed by atoms with Crippen LogP contribution in [-0.2, 0) is 19.1 Å². The second-order valence-corrected chi connectivity index (χ2v) is 8.24. The lowest BCUT2D eigenvalue weighted by Gasteiger charge is -2.36. The fourth-order valence-corrected chi connectivity index (χ4v) is 4.88. The average molecular weight is 458 g/mol. The highest BCUT2D eigenvalue weighted by molar-refractivity contribution is 8.16. The van der Waals surface area contributed by atoms with Crippen molar-refractivity contribution in [1.82, 2.24) is 9.80 Å². The van der Waals surface area contributed by atoms with Crippen molar-refractivity contribution in [2.24, 2.45) is 4.99 Å². The first-order chi connectivity index (χ1) is 15.4. The van der Waals surface area contributed by atoms with E-state index in [1.165, 1.54) is 31.0 Å². The number of rotatable bonds is 5. The van der Waals surface area contributed by atoms with Crippen LogP contribution in [0.1, 0.15) is 24.9 Å². The molecule has 1 amide bonds. The summed E-state index contributed by atoms with van der Waals surface area (Å²) in [5.41, 5.74) is 2.16. The van der Waals surface area contributed by atoms with Gasteiger partial charge in [-0.2, -0.15) is 0 Å². The highest BCUT2D eigenvalue weighted by atomic mass is 32.2. The van der Waals surface area contributed by atoms with Crippen LogP contribution < -0.4 is 0 Å². The number of fused-ring (bicyclic) bond motifs is 1. The van der Waals surface area contributed by atoms with E-state index in [1.54, 1.807) is 24.0 Å². The minimum Gasteiger partial charge on any atom is -0.466 e. The van der Waals surface area contributed by atoms with E-state index < -0.39 is 16.9 Å². The van der Waals surface area contributed by atoms with Gasteiger partial charge in [0.15, 0.2) is 5.17 Å². The van der Waals surface area contributed by atoms with Gasteiger partial charge < -0.3 is 19.3 Å². The second-order valence-electron chi connectivity index (χ2n) is 7.40. The molecule has 0 aromatic heterocycles. The number of non-ortho nitro benzene ring substituents is 1. The molecule has 1 aromatic carbocycles. The minimum atomic E-state index is -0.616. The molecule has 168 valence electrons. The Kier molecular flexibility index (Phi) is 6.28. The fraction of sp³-hybridized carbons (Fsp3) is 0.381. The number of methoxy groups -OCH3 is 1. The number of hydrogen-bond donors (Lipinski definition) is 0. The zero-order chi connectivity index (χ0) is 22.8. The van der Waals surface area contributed by atoms with Gasteiger partial charge in [0.25, 0.3) is 5.69 Å². The molecular weight excluding hydrogens is 436 g/mol. The number of ether oxygens (including phenoxy) is 2. The van der Waals surface area contributed by atoms with Crippen molar-refractivity contribution in [3.63, 3.8) is 0 Å². The second kappa shape index (κ2) is 9.13. The molecule has 0 saturated carbocycles. The number of hydrogen-bond acceptors (Lipinski definition) is 9. The molecule has 1 saturated heterocycles. The van der Waals surface area contributed by atoms with E-state index in [2.05, 4.69) is 4.99 Å². The molecular formula is C21H22N4O6S. The number of morpholine rings is 1. The summed E-state index contributed by atoms with van der Waals surface area (Å²) in [6.45, 7) is 3.83. The van der Waals surface area contributed by atoms with Gasteiger partial charge in [-0.1, -0.05) is 11.8 Å². The van der Waals surface area contributed by atoms with E-state index in [1.807, 2.05) is 10.3 Å². The molecule has 0 radical (unpaired) electrons. The summed E-state index contributed by atoms with van der Waals surface area (Å²) in [5.74, 6) is -0.570. The summed E-state index contributed by atoms with van der Waals surface area (Å²) in [4.78, 5) is 44.4. The topological polar surface area (TPSA) is 115 Å². The number of nitro groups is 1. The van der Waals surface area contributed by atoms with E-state index in [-0.39, 0.29) is 18.0 Å². The van der Waals surface area contributed by atoms with Crippen LogP contribution in [0.5, 0.6) is 0 Å². The molecule has 10 nitrogen and oxygen atoms in total. The Balaban J connectivity index is 1.69. The predicted octanol–water partition coefficient (Wildman–Crippen LogP) is 2.59. The molecule has 1 aromatic rings. The quantitative estimate of drug-likeness (QED) is 0.376. The Hall–Kier alpha value is -3.18. The van der Waals surface area contributed by atoms with Crippen LogP contribution in [0, 0.1) is 10.1 Å². The van der Waals surface area contributed by atoms with E-state index in [4.69, 9.17) is 9.47 Å². The largest absolute Gasteiger partial charge is 0.466 e. The number of nitro benzene ring substituents is 1. The van der Waals surface area contributed by atoms with Crippen LogP contribution in [0.15, 0.2) is 51.6 Å². The third kappa shape index (κ3) is 4.13. The Labute approximate surface area is 188 Å². The molecule has 3 heterocycles. The molecule has 1 fully saturated rings. The Bertz CT molecular complexity index is 1040. The summed E-state index contributed by atoms with van der Waals surface area (Å²) in [7, 11) is 1.30. The van der Waals surface area contributed by atoms with Gasteiger partial charge in [0.05, 0.1) is 49.0 Å². The molecule has 3 aliphatic heterocycles. The van der Waals surface area contributed by atoms with Gasteiger partial charge in [-0.05, 0) is 30.0 Å². The molecule has 3 aliphatic rings. The maximum atomic E-state index is 12.9. The molecule has 1 atom stereocenters. The lowest BCUT2D eigenvalue weighted by Crippen LogP contribution is -2.42. The van der Waals surface area contributed by atoms with Gasteiger partial charge in [0.2, 0.25) is 5.91 Å². The van der Waals surface area contributed by atoms with E-state index >= 15 is 0 Å². The van der Waals surface area contributed by atoms with Crippen molar-refractivity contribution in [2.75, 3.05) is 33.4 Å². The first kappa shape index (κ1) is 22.0. The van der Waals surface area contributed by atoms with Crippen LogP contribution in [0.25, 0.3) is 0 Å². The van der Waals surface area contributed by atoms with Crippen LogP contribution in [-0.4, -0.2) is 65.2 Å². The van der Waals surface area contributed by atoms with Gasteiger partial charge in [-0.25, -0.2) is 9.79 Å². The fourth-order valence-electron chi connectivity index (χ4n) is 3.91. The number of thioether (sulfide) groups is 1. The van der Waals surface area contributed by atoms with Crippen LogP contribution in [0.3, 0.4) is 0 Å². The molecule has 0 spiro atoms. The monoisotopic (exact) mass is 458 g/mol. The number of esters is 1. The zero-order valence-electron chi connectivity index (χ0n) is 17.6. The van der Waals surface area contributed by atoms with Gasteiger partial charge in [0.1, 0.15) is 0 Å². The third-order valence-electron chi connectivity index (χ3n) is 5.52. The van der Waals surface area contributed by atoms with Crippen molar-refractivity contribution in [3.05, 3.63) is 62.3 Å². The number of carbonyl (C=O) groups excluding carboxylic acids is 2. The summed E-state index contributed by atoms with van der Waals surface area (Å²) in [6.07, 6.45) is 0.142. The number of aliphatic imine (C=N–C) groups is 1. The zero-order valence-corrected chi connectivity index (χ0v) is 18.5. The first-order valence-corrected chi connectivity index (χ1v) is 10.9. The SMILES string of the molecule is COC(=O)C1=C(C)N=C2SC=C(CC(=O)N3CCOCC3)N2[C@H]1c1ccc([N+](=O)[O-])cc1. The standard InChI is InChI=1S/C21H22N4O6S/c1-13-18(20(27)30-2)19(14-3-5-15(6-4-14)25(28)29)24-16(12-32-21(24)22-13)11-17(26)23-7-9-31-10-8-23/h3-6,12,19H,7-11H2,1-2H3/t19-/m0/s1. The highest BCUT2D eigenvalue weighted by Gasteiger charge is 2.41. The van der Waals surface area contributed by atoms with E-state index in [9.17, 15) is 19.7 Å². The Morgan fingerprint density at radius 1 is 1.28 bits per heavy atom. The Morgan fingerprint density at radius 2 is 1.97 bits per heavy atom. The number of allylic oxidation sites excluding steroid dienone is 1. The van der Waals surface area contributed by atoms with Gasteiger partial charge in [-0.15, -0.1) is 0 Å². The predicted molar refractivity (Wildman–Crippen MR) is 118 cm³/mol. The van der Waals surface area contributed by atoms with Crippen molar-refractivity contribution < 1.29 is 24.0 Å². The third-order valence-corrected chi connectivity index (χ3v) is 6.41. The smallest absolute Gasteiger partial charge is 0.338 e. The molecule has 4 rings (SSSR count). The van der Waals surface area contributed by atoms with Crippen LogP contribution in [0.4, 0.5) is 5.69 Å². The first-order valence-electron chi connectivity index (χ1n) is 10.0. The van der Waals surface area contributed by atoms with Crippen molar-refractivity contribution in [3.8, 4) is 0 Å². The number of amides is 1. The van der Waals surface area contributed by atoms with Crippen LogP contribution >= 0.6 is 11.8 Å². The summed E-state index contributed by atoms with van der Waals surface area (Å²) < 4.78 is 10.3. The van der Waals surface area contributed by atoms with Crippen LogP contribution in [0.2, 0.25) is 0 Å². The van der Waals surface area contributed by atoms with E-state index in [0.29, 0.717) is 54.0 Å². The molecule has 0 unspecified atom stereocenters. The summed E-state index contributed by atoms with van der Waals surface area (Å²) in [6, 6.07) is 5.42. The summed E-state index contributed by atoms with van der Waals surface area (Å²) in [5, 5.41) is 13.6. The normalized spacial score (nSPS) is 20.5. The number of carbonyl (C=O) groups is 2. The van der Waals surface area contributed by atoms with Crippen molar-refractivity contribution >= 4 is 34.5 Å². The lowest BCUT2D eigenvalue weighted by molar-refractivity contribution is -0.384. The van der Waals surface area contributed by atoms with Gasteiger partial charge >= 0.3 is 5.97 Å². The molecule has 0 bridgehead atoms. The van der Waals surface area contributed by atoms with Gasteiger partial charge in [-0.3, -0.25) is 14.9 Å².